The molecule has 1 aliphatic heterocycles. The van der Waals surface area contributed by atoms with Gasteiger partial charge in [-0.05, 0) is 26.0 Å². The van der Waals surface area contributed by atoms with Crippen LogP contribution in [-0.2, 0) is 6.54 Å². The first-order chi connectivity index (χ1) is 7.79. The van der Waals surface area contributed by atoms with Gasteiger partial charge in [0.15, 0.2) is 0 Å². The van der Waals surface area contributed by atoms with Gasteiger partial charge in [0.2, 0.25) is 5.88 Å². The molecular weight excluding hydrogens is 204 g/mol. The molecule has 5 nitrogen and oxygen atoms in total. The second-order valence-corrected chi connectivity index (χ2v) is 4.19. The van der Waals surface area contributed by atoms with E-state index >= 15 is 0 Å². The van der Waals surface area contributed by atoms with Crippen LogP contribution < -0.4 is 10.5 Å². The van der Waals surface area contributed by atoms with Gasteiger partial charge in [-0.25, -0.2) is 0 Å². The number of rotatable bonds is 3. The highest BCUT2D eigenvalue weighted by atomic mass is 16.5. The van der Waals surface area contributed by atoms with Gasteiger partial charge in [-0.1, -0.05) is 0 Å². The first kappa shape index (κ1) is 11.3. The summed E-state index contributed by atoms with van der Waals surface area (Å²) in [6.07, 6.45) is 3.97. The molecule has 1 aliphatic rings. The molecule has 5 heteroatoms. The molecule has 0 bridgehead atoms. The minimum absolute atomic E-state index is 0.248. The minimum Gasteiger partial charge on any atom is -0.473 e. The van der Waals surface area contributed by atoms with Crippen LogP contribution in [0.3, 0.4) is 0 Å². The van der Waals surface area contributed by atoms with Crippen molar-refractivity contribution < 1.29 is 4.74 Å². The fourth-order valence-electron chi connectivity index (χ4n) is 1.86. The summed E-state index contributed by atoms with van der Waals surface area (Å²) in [6, 6.07) is 1.86. The van der Waals surface area contributed by atoms with Gasteiger partial charge >= 0.3 is 0 Å². The lowest BCUT2D eigenvalue weighted by molar-refractivity contribution is 0.108. The maximum Gasteiger partial charge on any atom is 0.238 e. The van der Waals surface area contributed by atoms with Crippen LogP contribution in [0.4, 0.5) is 0 Å². The van der Waals surface area contributed by atoms with Crippen molar-refractivity contribution in [3.63, 3.8) is 0 Å². The van der Waals surface area contributed by atoms with E-state index in [4.69, 9.17) is 10.5 Å². The van der Waals surface area contributed by atoms with Gasteiger partial charge in [-0.15, -0.1) is 5.10 Å². The summed E-state index contributed by atoms with van der Waals surface area (Å²) in [5.41, 5.74) is 6.55. The lowest BCUT2D eigenvalue weighted by Gasteiger charge is -2.29. The zero-order valence-corrected chi connectivity index (χ0v) is 9.59. The van der Waals surface area contributed by atoms with E-state index < -0.39 is 0 Å². The number of piperidine rings is 1. The van der Waals surface area contributed by atoms with Crippen LogP contribution >= 0.6 is 0 Å². The maximum absolute atomic E-state index is 5.85. The molecular formula is C11H18N4O. The van der Waals surface area contributed by atoms with Gasteiger partial charge in [0, 0.05) is 25.2 Å². The summed E-state index contributed by atoms with van der Waals surface area (Å²) in [5.74, 6) is 0.597. The van der Waals surface area contributed by atoms with E-state index in [1.165, 1.54) is 0 Å². The van der Waals surface area contributed by atoms with Gasteiger partial charge in [-0.3, -0.25) is 0 Å². The molecule has 2 heterocycles. The molecule has 0 radical (unpaired) electrons. The van der Waals surface area contributed by atoms with Crippen LogP contribution in [0.1, 0.15) is 18.4 Å². The number of nitrogens with zero attached hydrogens (tertiary/aromatic N) is 3. The lowest BCUT2D eigenvalue weighted by atomic mass is 10.1. The highest BCUT2D eigenvalue weighted by Crippen LogP contribution is 2.19. The van der Waals surface area contributed by atoms with E-state index in [1.807, 2.05) is 6.07 Å². The van der Waals surface area contributed by atoms with E-state index in [9.17, 15) is 0 Å². The van der Waals surface area contributed by atoms with Crippen LogP contribution in [0.15, 0.2) is 12.3 Å². The number of hydrogen-bond donors (Lipinski definition) is 1. The summed E-state index contributed by atoms with van der Waals surface area (Å²) in [5, 5.41) is 7.83. The van der Waals surface area contributed by atoms with Crippen LogP contribution in [0.2, 0.25) is 0 Å². The smallest absolute Gasteiger partial charge is 0.238 e. The van der Waals surface area contributed by atoms with Crippen molar-refractivity contribution in [2.45, 2.75) is 25.5 Å². The highest BCUT2D eigenvalue weighted by Gasteiger charge is 2.19. The number of nitrogens with two attached hydrogens (primary N) is 1. The van der Waals surface area contributed by atoms with Crippen molar-refractivity contribution in [3.8, 4) is 5.88 Å². The molecule has 1 saturated heterocycles. The van der Waals surface area contributed by atoms with Crippen LogP contribution in [0, 0.1) is 0 Å². The second kappa shape index (κ2) is 5.23. The van der Waals surface area contributed by atoms with Gasteiger partial charge in [-0.2, -0.15) is 5.10 Å². The third kappa shape index (κ3) is 2.68. The Kier molecular flexibility index (Phi) is 3.69. The molecule has 16 heavy (non-hydrogen) atoms. The summed E-state index contributed by atoms with van der Waals surface area (Å²) >= 11 is 0. The number of ether oxygens (including phenoxy) is 1. The van der Waals surface area contributed by atoms with E-state index in [-0.39, 0.29) is 6.10 Å². The molecule has 0 amide bonds. The molecule has 0 aromatic carbocycles. The average Bonchev–Trinajstić information content (AvgIpc) is 2.33. The van der Waals surface area contributed by atoms with E-state index in [0.717, 1.165) is 31.5 Å². The largest absolute Gasteiger partial charge is 0.473 e. The monoisotopic (exact) mass is 222 g/mol. The standard InChI is InChI=1S/C11H18N4O/c1-15-6-3-10(4-7-15)16-11-9(8-12)2-5-13-14-11/h2,5,10H,3-4,6-8,12H2,1H3. The molecule has 1 aromatic heterocycles. The topological polar surface area (TPSA) is 64.3 Å². The van der Waals surface area contributed by atoms with Crippen LogP contribution in [0.5, 0.6) is 5.88 Å². The minimum atomic E-state index is 0.248. The Balaban J connectivity index is 1.98. The van der Waals surface area contributed by atoms with Crippen molar-refractivity contribution in [3.05, 3.63) is 17.8 Å². The SMILES string of the molecule is CN1CCC(Oc2nnccc2CN)CC1. The Labute approximate surface area is 95.6 Å². The zero-order chi connectivity index (χ0) is 11.4. The number of likely N-dealkylation sites (tertiary alicyclic amines) is 1. The average molecular weight is 222 g/mol. The second-order valence-electron chi connectivity index (χ2n) is 4.19. The van der Waals surface area contributed by atoms with E-state index in [0.29, 0.717) is 12.4 Å². The Morgan fingerprint density at radius 2 is 2.25 bits per heavy atom. The van der Waals surface area contributed by atoms with Crippen molar-refractivity contribution in [2.75, 3.05) is 20.1 Å². The van der Waals surface area contributed by atoms with Crippen molar-refractivity contribution in [1.29, 1.82) is 0 Å². The number of hydrogen-bond acceptors (Lipinski definition) is 5. The molecule has 88 valence electrons. The fraction of sp³-hybridized carbons (Fsp3) is 0.636. The van der Waals surface area contributed by atoms with E-state index in [1.54, 1.807) is 6.20 Å². The Morgan fingerprint density at radius 3 is 2.94 bits per heavy atom. The van der Waals surface area contributed by atoms with Gasteiger partial charge in [0.1, 0.15) is 6.10 Å². The predicted molar refractivity (Wildman–Crippen MR) is 61.1 cm³/mol. The van der Waals surface area contributed by atoms with Crippen LogP contribution in [-0.4, -0.2) is 41.3 Å². The molecule has 0 aliphatic carbocycles. The molecule has 0 unspecified atom stereocenters. The Bertz CT molecular complexity index is 337. The third-order valence-corrected chi connectivity index (χ3v) is 2.93. The van der Waals surface area contributed by atoms with Gasteiger partial charge in [0.25, 0.3) is 0 Å². The van der Waals surface area contributed by atoms with Gasteiger partial charge in [0.05, 0.1) is 6.20 Å². The molecule has 0 atom stereocenters. The third-order valence-electron chi connectivity index (χ3n) is 2.93. The van der Waals surface area contributed by atoms with Crippen molar-refractivity contribution in [2.24, 2.45) is 5.73 Å². The molecule has 1 aromatic rings. The quantitative estimate of drug-likeness (QED) is 0.802. The first-order valence-corrected chi connectivity index (χ1v) is 5.65. The normalized spacial score (nSPS) is 18.6. The molecule has 1 fully saturated rings. The first-order valence-electron chi connectivity index (χ1n) is 5.65. The Morgan fingerprint density at radius 1 is 1.50 bits per heavy atom. The summed E-state index contributed by atoms with van der Waals surface area (Å²) in [6.45, 7) is 2.59. The van der Waals surface area contributed by atoms with Crippen LogP contribution in [0.25, 0.3) is 0 Å². The molecule has 0 saturated carbocycles. The fourth-order valence-corrected chi connectivity index (χ4v) is 1.86. The highest BCUT2D eigenvalue weighted by molar-refractivity contribution is 5.23. The molecule has 0 spiro atoms. The van der Waals surface area contributed by atoms with Crippen molar-refractivity contribution >= 4 is 0 Å². The summed E-state index contributed by atoms with van der Waals surface area (Å²) in [7, 11) is 2.13. The predicted octanol–water partition coefficient (Wildman–Crippen LogP) is 0.408. The van der Waals surface area contributed by atoms with Gasteiger partial charge < -0.3 is 15.4 Å². The maximum atomic E-state index is 5.85. The summed E-state index contributed by atoms with van der Waals surface area (Å²) in [4.78, 5) is 2.31. The zero-order valence-electron chi connectivity index (χ0n) is 9.59. The van der Waals surface area contributed by atoms with E-state index in [2.05, 4.69) is 22.1 Å². The molecule has 2 N–H and O–H groups in total. The lowest BCUT2D eigenvalue weighted by Crippen LogP contribution is -2.36. The Hall–Kier alpha value is -1.20. The summed E-state index contributed by atoms with van der Waals surface area (Å²) < 4.78 is 5.85. The van der Waals surface area contributed by atoms with Crippen molar-refractivity contribution in [1.82, 2.24) is 15.1 Å². The molecule has 2 rings (SSSR count). The number of aromatic nitrogens is 2.